The third-order valence-electron chi connectivity index (χ3n) is 2.58. The van der Waals surface area contributed by atoms with E-state index in [-0.39, 0.29) is 17.5 Å². The predicted octanol–water partition coefficient (Wildman–Crippen LogP) is 2.16. The summed E-state index contributed by atoms with van der Waals surface area (Å²) >= 11 is 0. The van der Waals surface area contributed by atoms with Gasteiger partial charge in [-0.05, 0) is 30.5 Å². The molecule has 0 atom stereocenters. The fourth-order valence-electron chi connectivity index (χ4n) is 1.76. The van der Waals surface area contributed by atoms with Crippen molar-refractivity contribution in [3.63, 3.8) is 0 Å². The van der Waals surface area contributed by atoms with Crippen LogP contribution in [0.3, 0.4) is 0 Å². The van der Waals surface area contributed by atoms with Gasteiger partial charge >= 0.3 is 6.18 Å². The van der Waals surface area contributed by atoms with Gasteiger partial charge in [-0.1, -0.05) is 12.1 Å². The molecule has 0 spiro atoms. The van der Waals surface area contributed by atoms with Crippen LogP contribution < -0.4 is 11.5 Å². The smallest absolute Gasteiger partial charge is 0.370 e. The monoisotopic (exact) mass is 285 g/mol. The van der Waals surface area contributed by atoms with Crippen molar-refractivity contribution in [1.82, 2.24) is 0 Å². The van der Waals surface area contributed by atoms with Gasteiger partial charge in [0, 0.05) is 5.56 Å². The van der Waals surface area contributed by atoms with Gasteiger partial charge in [-0.3, -0.25) is 4.79 Å². The van der Waals surface area contributed by atoms with E-state index < -0.39 is 23.6 Å². The topological polar surface area (TPSA) is 81.5 Å². The summed E-state index contributed by atoms with van der Waals surface area (Å²) in [6.07, 6.45) is -3.16. The van der Waals surface area contributed by atoms with Crippen LogP contribution in [-0.4, -0.2) is 11.9 Å². The van der Waals surface area contributed by atoms with Gasteiger partial charge in [-0.25, -0.2) is 0 Å². The van der Waals surface area contributed by atoms with Crippen LogP contribution in [0.1, 0.15) is 27.0 Å². The van der Waals surface area contributed by atoms with Crippen molar-refractivity contribution in [2.45, 2.75) is 19.5 Å². The molecule has 0 bridgehead atoms. The van der Waals surface area contributed by atoms with E-state index in [0.29, 0.717) is 5.56 Å². The molecule has 4 nitrogen and oxygen atoms in total. The van der Waals surface area contributed by atoms with Gasteiger partial charge in [0.15, 0.2) is 5.96 Å². The van der Waals surface area contributed by atoms with Crippen molar-refractivity contribution in [2.75, 3.05) is 0 Å². The molecular formula is C13H14F3N3O. The number of aliphatic imine (C=N–C) groups is 1. The van der Waals surface area contributed by atoms with Crippen LogP contribution in [0.5, 0.6) is 0 Å². The summed E-state index contributed by atoms with van der Waals surface area (Å²) in [7, 11) is 0. The molecule has 0 heterocycles. The maximum absolute atomic E-state index is 13.0. The van der Waals surface area contributed by atoms with E-state index in [1.165, 1.54) is 19.1 Å². The molecule has 1 aromatic carbocycles. The van der Waals surface area contributed by atoms with Crippen molar-refractivity contribution in [1.29, 1.82) is 0 Å². The van der Waals surface area contributed by atoms with E-state index in [9.17, 15) is 18.0 Å². The maximum Gasteiger partial charge on any atom is 0.416 e. The largest absolute Gasteiger partial charge is 0.416 e. The first-order valence-electron chi connectivity index (χ1n) is 5.62. The van der Waals surface area contributed by atoms with Crippen LogP contribution in [0.15, 0.2) is 29.8 Å². The molecule has 0 aliphatic carbocycles. The minimum Gasteiger partial charge on any atom is -0.370 e. The molecule has 0 aliphatic rings. The van der Waals surface area contributed by atoms with E-state index in [1.54, 1.807) is 0 Å². The average molecular weight is 285 g/mol. The first-order valence-corrected chi connectivity index (χ1v) is 5.62. The lowest BCUT2D eigenvalue weighted by atomic mass is 9.96. The molecule has 0 saturated heterocycles. The standard InChI is InChI=1S/C13H14F3N3O/c1-3-4-8-5-7(2)9(11(20)19-12(17)18)6-10(8)13(14,15)16/h3,5-6H,1,4H2,2H3,(H4,17,18,19,20). The molecule has 0 aliphatic heterocycles. The second-order valence-corrected chi connectivity index (χ2v) is 4.16. The second kappa shape index (κ2) is 5.77. The number of halogens is 3. The number of hydrogen-bond donors (Lipinski definition) is 2. The Morgan fingerprint density at radius 2 is 2.00 bits per heavy atom. The number of allylic oxidation sites excluding steroid dienone is 1. The number of benzene rings is 1. The van der Waals surface area contributed by atoms with Crippen molar-refractivity contribution >= 4 is 11.9 Å². The Kier molecular flexibility index (Phi) is 4.54. The highest BCUT2D eigenvalue weighted by molar-refractivity contribution is 6.03. The average Bonchev–Trinajstić information content (AvgIpc) is 2.26. The van der Waals surface area contributed by atoms with Crippen LogP contribution in [-0.2, 0) is 12.6 Å². The van der Waals surface area contributed by atoms with E-state index in [2.05, 4.69) is 11.6 Å². The van der Waals surface area contributed by atoms with Gasteiger partial charge in [0.2, 0.25) is 0 Å². The molecule has 0 radical (unpaired) electrons. The number of rotatable bonds is 3. The SMILES string of the molecule is C=CCc1cc(C)c(C(=O)N=C(N)N)cc1C(F)(F)F. The van der Waals surface area contributed by atoms with E-state index >= 15 is 0 Å². The predicted molar refractivity (Wildman–Crippen MR) is 70.2 cm³/mol. The first-order chi connectivity index (χ1) is 9.16. The fourth-order valence-corrected chi connectivity index (χ4v) is 1.76. The molecular weight excluding hydrogens is 271 g/mol. The highest BCUT2D eigenvalue weighted by Crippen LogP contribution is 2.34. The highest BCUT2D eigenvalue weighted by Gasteiger charge is 2.34. The van der Waals surface area contributed by atoms with Gasteiger partial charge in [-0.15, -0.1) is 6.58 Å². The molecule has 1 amide bonds. The quantitative estimate of drug-likeness (QED) is 0.507. The Hall–Kier alpha value is -2.31. The Morgan fingerprint density at radius 1 is 1.40 bits per heavy atom. The lowest BCUT2D eigenvalue weighted by molar-refractivity contribution is -0.138. The zero-order valence-corrected chi connectivity index (χ0v) is 10.8. The molecule has 1 rings (SSSR count). The number of carbonyl (C=O) groups is 1. The molecule has 7 heteroatoms. The Morgan fingerprint density at radius 3 is 2.45 bits per heavy atom. The Labute approximate surface area is 114 Å². The Bertz CT molecular complexity index is 573. The third kappa shape index (κ3) is 3.59. The zero-order chi connectivity index (χ0) is 15.5. The van der Waals surface area contributed by atoms with Crippen LogP contribution >= 0.6 is 0 Å². The number of guanidine groups is 1. The summed E-state index contributed by atoms with van der Waals surface area (Å²) in [5.74, 6) is -1.41. The van der Waals surface area contributed by atoms with E-state index in [1.807, 2.05) is 0 Å². The Balaban J connectivity index is 3.46. The summed E-state index contributed by atoms with van der Waals surface area (Å²) in [6.45, 7) is 4.93. The molecule has 108 valence electrons. The van der Waals surface area contributed by atoms with Gasteiger partial charge < -0.3 is 11.5 Å². The fraction of sp³-hybridized carbons (Fsp3) is 0.231. The lowest BCUT2D eigenvalue weighted by Gasteiger charge is -2.14. The van der Waals surface area contributed by atoms with Crippen molar-refractivity contribution in [3.8, 4) is 0 Å². The van der Waals surface area contributed by atoms with Crippen molar-refractivity contribution in [3.05, 3.63) is 47.0 Å². The number of nitrogens with two attached hydrogens (primary N) is 2. The lowest BCUT2D eigenvalue weighted by Crippen LogP contribution is -2.24. The van der Waals surface area contributed by atoms with Gasteiger partial charge in [-0.2, -0.15) is 18.2 Å². The normalized spacial score (nSPS) is 11.0. The molecule has 0 unspecified atom stereocenters. The highest BCUT2D eigenvalue weighted by atomic mass is 19.4. The number of nitrogens with zero attached hydrogens (tertiary/aromatic N) is 1. The zero-order valence-electron chi connectivity index (χ0n) is 10.8. The molecule has 0 fully saturated rings. The summed E-state index contributed by atoms with van der Waals surface area (Å²) in [5.41, 5.74) is 9.45. The number of carbonyl (C=O) groups excluding carboxylic acids is 1. The van der Waals surface area contributed by atoms with Gasteiger partial charge in [0.05, 0.1) is 5.56 Å². The van der Waals surface area contributed by atoms with Crippen LogP contribution in [0.4, 0.5) is 13.2 Å². The third-order valence-corrected chi connectivity index (χ3v) is 2.58. The van der Waals surface area contributed by atoms with Crippen molar-refractivity contribution < 1.29 is 18.0 Å². The number of alkyl halides is 3. The maximum atomic E-state index is 13.0. The molecule has 0 aromatic heterocycles. The number of amides is 1. The minimum atomic E-state index is -4.57. The van der Waals surface area contributed by atoms with E-state index in [0.717, 1.165) is 6.07 Å². The number of hydrogen-bond acceptors (Lipinski definition) is 1. The minimum absolute atomic E-state index is 0.0475. The molecule has 20 heavy (non-hydrogen) atoms. The summed E-state index contributed by atoms with van der Waals surface area (Å²) in [4.78, 5) is 14.9. The van der Waals surface area contributed by atoms with Crippen LogP contribution in [0.25, 0.3) is 0 Å². The molecule has 0 saturated carbocycles. The summed E-state index contributed by atoms with van der Waals surface area (Å²) in [6, 6.07) is 2.06. The molecule has 4 N–H and O–H groups in total. The van der Waals surface area contributed by atoms with Gasteiger partial charge in [0.25, 0.3) is 5.91 Å². The van der Waals surface area contributed by atoms with Crippen molar-refractivity contribution in [2.24, 2.45) is 16.5 Å². The second-order valence-electron chi connectivity index (χ2n) is 4.16. The summed E-state index contributed by atoms with van der Waals surface area (Å²) < 4.78 is 38.9. The summed E-state index contributed by atoms with van der Waals surface area (Å²) in [5, 5.41) is 0. The van der Waals surface area contributed by atoms with Gasteiger partial charge in [0.1, 0.15) is 0 Å². The van der Waals surface area contributed by atoms with Crippen LogP contribution in [0.2, 0.25) is 0 Å². The molecule has 1 aromatic rings. The number of aryl methyl sites for hydroxylation is 1. The van der Waals surface area contributed by atoms with Crippen LogP contribution in [0, 0.1) is 6.92 Å². The first kappa shape index (κ1) is 15.7. The van der Waals surface area contributed by atoms with E-state index in [4.69, 9.17) is 11.5 Å².